The van der Waals surface area contributed by atoms with Gasteiger partial charge in [-0.2, -0.15) is 0 Å². The number of carbonyl (C=O) groups excluding carboxylic acids is 1. The lowest BCUT2D eigenvalue weighted by Gasteiger charge is -2.43. The number of hydrogen-bond donors (Lipinski definition) is 2. The Morgan fingerprint density at radius 1 is 1.46 bits per heavy atom. The van der Waals surface area contributed by atoms with Crippen LogP contribution in [0.2, 0.25) is 0 Å². The summed E-state index contributed by atoms with van der Waals surface area (Å²) in [5.41, 5.74) is -0.777. The van der Waals surface area contributed by atoms with Gasteiger partial charge in [0.25, 0.3) is 5.91 Å². The van der Waals surface area contributed by atoms with Crippen molar-refractivity contribution in [2.45, 2.75) is 25.4 Å². The molecule has 3 rings (SSSR count). The molecule has 1 amide bonds. The minimum Gasteiger partial charge on any atom is -0.389 e. The third kappa shape index (κ3) is 3.50. The number of pyridine rings is 1. The Balaban J connectivity index is 1.87. The van der Waals surface area contributed by atoms with Crippen molar-refractivity contribution in [2.75, 3.05) is 26.8 Å². The molecule has 2 aromatic rings. The molecule has 140 valence electrons. The third-order valence-corrected chi connectivity index (χ3v) is 5.29. The first-order valence-electron chi connectivity index (χ1n) is 8.67. The molecule has 1 saturated heterocycles. The topological polar surface area (TPSA) is 82.6 Å². The summed E-state index contributed by atoms with van der Waals surface area (Å²) in [5, 5.41) is 11.3. The number of aromatic nitrogens is 1. The van der Waals surface area contributed by atoms with E-state index in [2.05, 4.69) is 4.98 Å². The van der Waals surface area contributed by atoms with Crippen LogP contribution in [0.5, 0.6) is 0 Å². The molecule has 1 aliphatic rings. The summed E-state index contributed by atoms with van der Waals surface area (Å²) in [6.07, 6.45) is 0.957. The minimum absolute atomic E-state index is 0.124. The molecule has 0 spiro atoms. The number of rotatable bonds is 4. The Bertz CT molecular complexity index is 881. The number of nitrogens with zero attached hydrogens (tertiary/aromatic N) is 1. The second-order valence-corrected chi connectivity index (χ2v) is 6.99. The van der Waals surface area contributed by atoms with Crippen LogP contribution in [0.1, 0.15) is 30.1 Å². The van der Waals surface area contributed by atoms with E-state index in [0.29, 0.717) is 43.4 Å². The summed E-state index contributed by atoms with van der Waals surface area (Å²) < 4.78 is 18.5. The van der Waals surface area contributed by atoms with Gasteiger partial charge in [-0.15, -0.1) is 0 Å². The van der Waals surface area contributed by atoms with Crippen molar-refractivity contribution in [3.63, 3.8) is 0 Å². The number of halogens is 1. The van der Waals surface area contributed by atoms with E-state index < -0.39 is 17.0 Å². The predicted molar refractivity (Wildman–Crippen MR) is 95.7 cm³/mol. The predicted octanol–water partition coefficient (Wildman–Crippen LogP) is 1.92. The maximum atomic E-state index is 13.4. The van der Waals surface area contributed by atoms with Crippen molar-refractivity contribution in [3.05, 3.63) is 46.0 Å². The molecule has 2 N–H and O–H groups in total. The van der Waals surface area contributed by atoms with E-state index in [1.165, 1.54) is 24.3 Å². The first-order valence-corrected chi connectivity index (χ1v) is 8.67. The highest BCUT2D eigenvalue weighted by Crippen LogP contribution is 2.32. The number of aliphatic hydroxyl groups is 1. The Labute approximate surface area is 150 Å². The molecule has 1 aliphatic heterocycles. The average molecular weight is 362 g/mol. The number of hydrogen-bond acceptors (Lipinski definition) is 4. The molecule has 0 aliphatic carbocycles. The molecule has 1 fully saturated rings. The molecule has 0 bridgehead atoms. The zero-order valence-corrected chi connectivity index (χ0v) is 14.9. The normalized spacial score (nSPS) is 23.4. The lowest BCUT2D eigenvalue weighted by atomic mass is 9.79. The average Bonchev–Trinajstić information content (AvgIpc) is 2.61. The maximum Gasteiger partial charge on any atom is 0.254 e. The molecule has 2 atom stereocenters. The molecule has 1 aromatic heterocycles. The van der Waals surface area contributed by atoms with E-state index in [-0.39, 0.29) is 17.4 Å². The van der Waals surface area contributed by atoms with Gasteiger partial charge in [0.2, 0.25) is 5.56 Å². The summed E-state index contributed by atoms with van der Waals surface area (Å²) in [5.74, 6) is -0.887. The van der Waals surface area contributed by atoms with Gasteiger partial charge in [-0.25, -0.2) is 4.39 Å². The number of piperidine rings is 1. The van der Waals surface area contributed by atoms with Crippen molar-refractivity contribution < 1.29 is 19.0 Å². The second-order valence-electron chi connectivity index (χ2n) is 6.99. The fraction of sp³-hybridized carbons (Fsp3) is 0.474. The lowest BCUT2D eigenvalue weighted by Crippen LogP contribution is -2.53. The Morgan fingerprint density at radius 3 is 2.92 bits per heavy atom. The quantitative estimate of drug-likeness (QED) is 0.871. The minimum atomic E-state index is -0.869. The lowest BCUT2D eigenvalue weighted by molar-refractivity contribution is -0.0750. The van der Waals surface area contributed by atoms with E-state index in [1.54, 1.807) is 12.0 Å². The smallest absolute Gasteiger partial charge is 0.254 e. The van der Waals surface area contributed by atoms with E-state index >= 15 is 0 Å². The molecular formula is C19H23FN2O4. The first-order chi connectivity index (χ1) is 12.3. The highest BCUT2D eigenvalue weighted by molar-refractivity contribution is 6.06. The standard InChI is InChI=1S/C19H23FN2O4/c1-12-11-22(7-5-19(12,25)6-8-26-2)18(24)15-10-17(23)21-16-9-13(20)3-4-14(15)16/h3-4,9-10,12,25H,5-8,11H2,1-2H3,(H,21,23)/t12-,19-/m0/s1. The molecule has 7 heteroatoms. The van der Waals surface area contributed by atoms with Crippen LogP contribution in [-0.2, 0) is 4.74 Å². The van der Waals surface area contributed by atoms with Gasteiger partial charge in [-0.3, -0.25) is 9.59 Å². The highest BCUT2D eigenvalue weighted by Gasteiger charge is 2.40. The fourth-order valence-electron chi connectivity index (χ4n) is 3.58. The summed E-state index contributed by atoms with van der Waals surface area (Å²) in [6.45, 7) is 3.13. The number of ether oxygens (including phenoxy) is 1. The zero-order valence-electron chi connectivity index (χ0n) is 14.9. The number of methoxy groups -OCH3 is 1. The summed E-state index contributed by atoms with van der Waals surface area (Å²) in [7, 11) is 1.59. The maximum absolute atomic E-state index is 13.4. The number of likely N-dealkylation sites (tertiary alicyclic amines) is 1. The second kappa shape index (κ2) is 7.17. The SMILES string of the molecule is COCC[C@@]1(O)CCN(C(=O)c2cc(=O)[nH]c3cc(F)ccc23)C[C@@H]1C. The molecule has 0 unspecified atom stereocenters. The number of amides is 1. The zero-order chi connectivity index (χ0) is 18.9. The van der Waals surface area contributed by atoms with Gasteiger partial charge in [0.15, 0.2) is 0 Å². The molecule has 1 aromatic carbocycles. The van der Waals surface area contributed by atoms with Crippen LogP contribution in [0.25, 0.3) is 10.9 Å². The van der Waals surface area contributed by atoms with Gasteiger partial charge in [0.1, 0.15) is 5.82 Å². The number of benzene rings is 1. The Hall–Kier alpha value is -2.25. The first kappa shape index (κ1) is 18.5. The number of nitrogens with one attached hydrogen (secondary N) is 1. The van der Waals surface area contributed by atoms with Crippen molar-refractivity contribution in [1.82, 2.24) is 9.88 Å². The molecule has 26 heavy (non-hydrogen) atoms. The molecule has 0 saturated carbocycles. The van der Waals surface area contributed by atoms with Gasteiger partial charge in [-0.1, -0.05) is 6.92 Å². The largest absolute Gasteiger partial charge is 0.389 e. The van der Waals surface area contributed by atoms with E-state index in [4.69, 9.17) is 4.74 Å². The molecular weight excluding hydrogens is 339 g/mol. The van der Waals surface area contributed by atoms with Gasteiger partial charge in [0, 0.05) is 44.2 Å². The van der Waals surface area contributed by atoms with Crippen LogP contribution in [0, 0.1) is 11.7 Å². The van der Waals surface area contributed by atoms with Crippen molar-refractivity contribution >= 4 is 16.8 Å². The van der Waals surface area contributed by atoms with Crippen LogP contribution in [0.3, 0.4) is 0 Å². The van der Waals surface area contributed by atoms with Crippen LogP contribution < -0.4 is 5.56 Å². The van der Waals surface area contributed by atoms with Crippen LogP contribution >= 0.6 is 0 Å². The van der Waals surface area contributed by atoms with Crippen molar-refractivity contribution in [3.8, 4) is 0 Å². The fourth-order valence-corrected chi connectivity index (χ4v) is 3.58. The van der Waals surface area contributed by atoms with Gasteiger partial charge in [0.05, 0.1) is 16.7 Å². The Kier molecular flexibility index (Phi) is 5.11. The van der Waals surface area contributed by atoms with Crippen molar-refractivity contribution in [1.29, 1.82) is 0 Å². The number of aromatic amines is 1. The molecule has 0 radical (unpaired) electrons. The molecule has 6 nitrogen and oxygen atoms in total. The van der Waals surface area contributed by atoms with Gasteiger partial charge in [-0.05, 0) is 31.0 Å². The van der Waals surface area contributed by atoms with Gasteiger partial charge < -0.3 is 19.7 Å². The van der Waals surface area contributed by atoms with E-state index in [0.717, 1.165) is 0 Å². The summed E-state index contributed by atoms with van der Waals surface area (Å²) in [4.78, 5) is 29.1. The van der Waals surface area contributed by atoms with Crippen LogP contribution in [-0.4, -0.2) is 53.3 Å². The highest BCUT2D eigenvalue weighted by atomic mass is 19.1. The van der Waals surface area contributed by atoms with E-state index in [1.807, 2.05) is 6.92 Å². The monoisotopic (exact) mass is 362 g/mol. The van der Waals surface area contributed by atoms with Crippen LogP contribution in [0.4, 0.5) is 4.39 Å². The van der Waals surface area contributed by atoms with E-state index in [9.17, 15) is 19.1 Å². The summed E-state index contributed by atoms with van der Waals surface area (Å²) >= 11 is 0. The summed E-state index contributed by atoms with van der Waals surface area (Å²) in [6, 6.07) is 5.21. The molecule has 2 heterocycles. The third-order valence-electron chi connectivity index (χ3n) is 5.29. The van der Waals surface area contributed by atoms with Gasteiger partial charge >= 0.3 is 0 Å². The number of carbonyl (C=O) groups is 1. The number of H-pyrrole nitrogens is 1. The van der Waals surface area contributed by atoms with Crippen LogP contribution in [0.15, 0.2) is 29.1 Å². The number of fused-ring (bicyclic) bond motifs is 1. The van der Waals surface area contributed by atoms with Crippen molar-refractivity contribution in [2.24, 2.45) is 5.92 Å². The Morgan fingerprint density at radius 2 is 2.23 bits per heavy atom.